The van der Waals surface area contributed by atoms with Gasteiger partial charge < -0.3 is 14.8 Å². The largest absolute Gasteiger partial charge is 0.478 e. The molecule has 0 radical (unpaired) electrons. The summed E-state index contributed by atoms with van der Waals surface area (Å²) in [6.45, 7) is 5.33. The number of fused-ring (bicyclic) bond motifs is 1. The molecule has 144 valence electrons. The van der Waals surface area contributed by atoms with Crippen molar-refractivity contribution in [1.29, 1.82) is 0 Å². The fraction of sp³-hybridized carbons (Fsp3) is 0.190. The van der Waals surface area contributed by atoms with Crippen molar-refractivity contribution in [3.05, 3.63) is 59.8 Å². The number of benzene rings is 1. The van der Waals surface area contributed by atoms with Gasteiger partial charge in [0.25, 0.3) is 0 Å². The van der Waals surface area contributed by atoms with Crippen molar-refractivity contribution in [3.63, 3.8) is 0 Å². The molecular formula is C21H21N3O4. The van der Waals surface area contributed by atoms with Gasteiger partial charge in [-0.1, -0.05) is 30.3 Å². The SMILES string of the molecule is CC(C)(C)OC(=O)Nc1ccc2c(C=C(C(=O)O)c3ccccc3)c[nH]c2n1. The highest BCUT2D eigenvalue weighted by Crippen LogP contribution is 2.25. The van der Waals surface area contributed by atoms with E-state index in [2.05, 4.69) is 15.3 Å². The number of ether oxygens (including phenoxy) is 1. The van der Waals surface area contributed by atoms with E-state index in [1.54, 1.807) is 69.4 Å². The number of aromatic nitrogens is 2. The molecule has 3 aromatic rings. The molecule has 0 saturated heterocycles. The molecule has 0 unspecified atom stereocenters. The standard InChI is InChI=1S/C21H21N3O4/c1-21(2,3)28-20(27)24-17-10-9-15-14(12-22-18(15)23-17)11-16(19(25)26)13-7-5-4-6-8-13/h4-12H,1-3H3,(H,25,26)(H2,22,23,24,27). The number of nitrogens with zero attached hydrogens (tertiary/aromatic N) is 1. The summed E-state index contributed by atoms with van der Waals surface area (Å²) >= 11 is 0. The van der Waals surface area contributed by atoms with E-state index in [1.807, 2.05) is 6.07 Å². The van der Waals surface area contributed by atoms with Crippen molar-refractivity contribution in [2.24, 2.45) is 0 Å². The first-order chi connectivity index (χ1) is 13.2. The number of anilines is 1. The summed E-state index contributed by atoms with van der Waals surface area (Å²) in [6, 6.07) is 12.3. The molecule has 28 heavy (non-hydrogen) atoms. The maximum absolute atomic E-state index is 11.9. The Bertz CT molecular complexity index is 1050. The van der Waals surface area contributed by atoms with Crippen LogP contribution in [0.5, 0.6) is 0 Å². The fourth-order valence-electron chi connectivity index (χ4n) is 2.66. The van der Waals surface area contributed by atoms with Crippen molar-refractivity contribution in [3.8, 4) is 0 Å². The van der Waals surface area contributed by atoms with Gasteiger partial charge in [0.1, 0.15) is 17.1 Å². The van der Waals surface area contributed by atoms with Gasteiger partial charge in [-0.2, -0.15) is 0 Å². The van der Waals surface area contributed by atoms with Crippen molar-refractivity contribution >= 4 is 40.6 Å². The summed E-state index contributed by atoms with van der Waals surface area (Å²) in [6.07, 6.45) is 2.68. The second kappa shape index (κ2) is 7.56. The van der Waals surface area contributed by atoms with Crippen LogP contribution in [-0.2, 0) is 9.53 Å². The molecule has 3 N–H and O–H groups in total. The van der Waals surface area contributed by atoms with E-state index >= 15 is 0 Å². The highest BCUT2D eigenvalue weighted by molar-refractivity contribution is 6.21. The van der Waals surface area contributed by atoms with Gasteiger partial charge in [-0.25, -0.2) is 14.6 Å². The monoisotopic (exact) mass is 379 g/mol. The van der Waals surface area contributed by atoms with Crippen LogP contribution >= 0.6 is 0 Å². The predicted molar refractivity (Wildman–Crippen MR) is 108 cm³/mol. The van der Waals surface area contributed by atoms with Gasteiger partial charge in [0.2, 0.25) is 0 Å². The molecule has 0 saturated carbocycles. The Morgan fingerprint density at radius 3 is 2.50 bits per heavy atom. The van der Waals surface area contributed by atoms with Crippen LogP contribution in [0.4, 0.5) is 10.6 Å². The molecule has 0 spiro atoms. The number of nitrogens with one attached hydrogen (secondary N) is 2. The number of rotatable bonds is 4. The summed E-state index contributed by atoms with van der Waals surface area (Å²) in [5.74, 6) is -0.683. The lowest BCUT2D eigenvalue weighted by Crippen LogP contribution is -2.27. The van der Waals surface area contributed by atoms with E-state index in [0.29, 0.717) is 22.6 Å². The lowest BCUT2D eigenvalue weighted by Gasteiger charge is -2.19. The molecule has 0 aliphatic carbocycles. The summed E-state index contributed by atoms with van der Waals surface area (Å²) in [5.41, 5.74) is 1.40. The van der Waals surface area contributed by atoms with E-state index < -0.39 is 17.7 Å². The van der Waals surface area contributed by atoms with Crippen molar-refractivity contribution in [1.82, 2.24) is 9.97 Å². The average molecular weight is 379 g/mol. The number of carboxylic acid groups (broad SMARTS) is 1. The third-order valence-corrected chi connectivity index (χ3v) is 3.81. The smallest absolute Gasteiger partial charge is 0.413 e. The van der Waals surface area contributed by atoms with E-state index in [9.17, 15) is 14.7 Å². The van der Waals surface area contributed by atoms with E-state index in [0.717, 1.165) is 5.39 Å². The van der Waals surface area contributed by atoms with Gasteiger partial charge >= 0.3 is 12.1 Å². The number of hydrogen-bond acceptors (Lipinski definition) is 4. The number of aromatic amines is 1. The zero-order valence-electron chi connectivity index (χ0n) is 15.8. The third kappa shape index (κ3) is 4.56. The summed E-state index contributed by atoms with van der Waals surface area (Å²) in [4.78, 5) is 30.9. The molecule has 0 bridgehead atoms. The Morgan fingerprint density at radius 2 is 1.86 bits per heavy atom. The second-order valence-corrected chi connectivity index (χ2v) is 7.19. The Labute approximate surface area is 162 Å². The molecule has 7 nitrogen and oxygen atoms in total. The van der Waals surface area contributed by atoms with Gasteiger partial charge in [0, 0.05) is 17.1 Å². The number of carboxylic acids is 1. The zero-order valence-corrected chi connectivity index (χ0v) is 15.8. The minimum absolute atomic E-state index is 0.178. The maximum Gasteiger partial charge on any atom is 0.413 e. The first-order valence-corrected chi connectivity index (χ1v) is 8.71. The van der Waals surface area contributed by atoms with Crippen molar-refractivity contribution in [2.75, 3.05) is 5.32 Å². The van der Waals surface area contributed by atoms with Crippen LogP contribution < -0.4 is 5.32 Å². The lowest BCUT2D eigenvalue weighted by molar-refractivity contribution is -0.130. The first-order valence-electron chi connectivity index (χ1n) is 8.71. The Balaban J connectivity index is 1.90. The van der Waals surface area contributed by atoms with Crippen LogP contribution in [0.15, 0.2) is 48.7 Å². The topological polar surface area (TPSA) is 104 Å². The molecular weight excluding hydrogens is 358 g/mol. The van der Waals surface area contributed by atoms with Gasteiger partial charge in [-0.05, 0) is 44.5 Å². The molecule has 0 fully saturated rings. The molecule has 2 heterocycles. The minimum atomic E-state index is -1.02. The molecule has 7 heteroatoms. The van der Waals surface area contributed by atoms with E-state index in [-0.39, 0.29) is 5.57 Å². The molecule has 0 aliphatic heterocycles. The minimum Gasteiger partial charge on any atom is -0.478 e. The number of aliphatic carboxylic acids is 1. The maximum atomic E-state index is 11.9. The molecule has 1 aromatic carbocycles. The van der Waals surface area contributed by atoms with Gasteiger partial charge in [0.05, 0.1) is 5.57 Å². The van der Waals surface area contributed by atoms with E-state index in [1.165, 1.54) is 0 Å². The summed E-state index contributed by atoms with van der Waals surface area (Å²) in [5, 5.41) is 12.9. The predicted octanol–water partition coefficient (Wildman–Crippen LogP) is 4.54. The summed E-state index contributed by atoms with van der Waals surface area (Å²) < 4.78 is 5.21. The molecule has 0 atom stereocenters. The second-order valence-electron chi connectivity index (χ2n) is 7.19. The van der Waals surface area contributed by atoms with Crippen LogP contribution in [0, 0.1) is 0 Å². The Hall–Kier alpha value is -3.61. The molecule has 2 aromatic heterocycles. The van der Waals surface area contributed by atoms with Crippen LogP contribution in [0.3, 0.4) is 0 Å². The number of hydrogen-bond donors (Lipinski definition) is 3. The highest BCUT2D eigenvalue weighted by Gasteiger charge is 2.17. The normalized spacial score (nSPS) is 12.0. The number of amides is 1. The molecule has 1 amide bonds. The lowest BCUT2D eigenvalue weighted by atomic mass is 10.0. The number of pyridine rings is 1. The first kappa shape index (κ1) is 19.2. The van der Waals surface area contributed by atoms with Crippen molar-refractivity contribution < 1.29 is 19.4 Å². The van der Waals surface area contributed by atoms with Crippen LogP contribution in [0.25, 0.3) is 22.7 Å². The van der Waals surface area contributed by atoms with Crippen LogP contribution in [0.1, 0.15) is 31.9 Å². The zero-order chi connectivity index (χ0) is 20.3. The molecule has 3 rings (SSSR count). The van der Waals surface area contributed by atoms with Crippen molar-refractivity contribution in [2.45, 2.75) is 26.4 Å². The van der Waals surface area contributed by atoms with E-state index in [4.69, 9.17) is 4.74 Å². The number of carbonyl (C=O) groups excluding carboxylic acids is 1. The number of H-pyrrole nitrogens is 1. The Kier molecular flexibility index (Phi) is 5.17. The summed E-state index contributed by atoms with van der Waals surface area (Å²) in [7, 11) is 0. The number of carbonyl (C=O) groups is 2. The van der Waals surface area contributed by atoms with Crippen LogP contribution in [-0.4, -0.2) is 32.7 Å². The fourth-order valence-corrected chi connectivity index (χ4v) is 2.66. The van der Waals surface area contributed by atoms with Gasteiger partial charge in [-0.15, -0.1) is 0 Å². The quantitative estimate of drug-likeness (QED) is 0.578. The van der Waals surface area contributed by atoms with Gasteiger partial charge in [0.15, 0.2) is 0 Å². The molecule has 0 aliphatic rings. The third-order valence-electron chi connectivity index (χ3n) is 3.81. The highest BCUT2D eigenvalue weighted by atomic mass is 16.6. The van der Waals surface area contributed by atoms with Gasteiger partial charge in [-0.3, -0.25) is 5.32 Å². The average Bonchev–Trinajstić information content (AvgIpc) is 3.00. The van der Waals surface area contributed by atoms with Crippen LogP contribution in [0.2, 0.25) is 0 Å². The Morgan fingerprint density at radius 1 is 1.14 bits per heavy atom.